The second-order valence-electron chi connectivity index (χ2n) is 7.77. The highest BCUT2D eigenvalue weighted by Crippen LogP contribution is 2.38. The highest BCUT2D eigenvalue weighted by molar-refractivity contribution is 6.22. The highest BCUT2D eigenvalue weighted by atomic mass is 16.1. The fourth-order valence-electron chi connectivity index (χ4n) is 4.18. The van der Waals surface area contributed by atoms with Crippen LogP contribution >= 0.6 is 0 Å². The van der Waals surface area contributed by atoms with E-state index in [2.05, 4.69) is 9.97 Å². The molecule has 4 rings (SSSR count). The molecule has 0 unspecified atom stereocenters. The Labute approximate surface area is 184 Å². The normalized spacial score (nSPS) is 11.0. The molecule has 0 N–H and O–H groups in total. The zero-order chi connectivity index (χ0) is 23.2. The second kappa shape index (κ2) is 7.89. The lowest BCUT2D eigenvalue weighted by Gasteiger charge is -2.16. The van der Waals surface area contributed by atoms with Gasteiger partial charge in [0, 0.05) is 68.6 Å². The topological polar surface area (TPSA) is 94.1 Å². The molecule has 2 aromatic heterocycles. The number of carbonyl (C=O) groups excluding carboxylic acids is 4. The summed E-state index contributed by atoms with van der Waals surface area (Å²) in [5.74, 6) is -0.708. The van der Waals surface area contributed by atoms with E-state index in [1.807, 2.05) is 0 Å². The van der Waals surface area contributed by atoms with Crippen molar-refractivity contribution in [1.82, 2.24) is 9.97 Å². The number of ketones is 4. The van der Waals surface area contributed by atoms with E-state index in [-0.39, 0.29) is 23.1 Å². The Morgan fingerprint density at radius 3 is 1.16 bits per heavy atom. The molecule has 158 valence electrons. The Morgan fingerprint density at radius 1 is 0.500 bits per heavy atom. The summed E-state index contributed by atoms with van der Waals surface area (Å²) in [5, 5.41) is 2.35. The van der Waals surface area contributed by atoms with Gasteiger partial charge < -0.3 is 0 Å². The predicted molar refractivity (Wildman–Crippen MR) is 122 cm³/mol. The van der Waals surface area contributed by atoms with E-state index < -0.39 is 0 Å². The Balaban J connectivity index is 2.19. The number of aromatic nitrogens is 2. The summed E-state index contributed by atoms with van der Waals surface area (Å²) in [5.41, 5.74) is 3.04. The molecule has 6 nitrogen and oxygen atoms in total. The van der Waals surface area contributed by atoms with E-state index in [1.165, 1.54) is 40.1 Å². The van der Waals surface area contributed by atoms with Crippen LogP contribution in [0.2, 0.25) is 0 Å². The predicted octanol–water partition coefficient (Wildman–Crippen LogP) is 5.26. The summed E-state index contributed by atoms with van der Waals surface area (Å²) in [7, 11) is 0. The summed E-state index contributed by atoms with van der Waals surface area (Å²) in [6, 6.07) is 6.99. The van der Waals surface area contributed by atoms with Crippen LogP contribution in [0.4, 0.5) is 0 Å². The van der Waals surface area contributed by atoms with Crippen molar-refractivity contribution in [2.45, 2.75) is 27.7 Å². The first-order chi connectivity index (χ1) is 15.2. The number of fused-ring (bicyclic) bond motifs is 2. The summed E-state index contributed by atoms with van der Waals surface area (Å²) < 4.78 is 0. The molecule has 2 aromatic carbocycles. The molecule has 6 heteroatoms. The maximum Gasteiger partial charge on any atom is 0.161 e. The first-order valence-electron chi connectivity index (χ1n) is 10.1. The van der Waals surface area contributed by atoms with Crippen LogP contribution in [0.1, 0.15) is 69.1 Å². The summed E-state index contributed by atoms with van der Waals surface area (Å²) >= 11 is 0. The van der Waals surface area contributed by atoms with Crippen molar-refractivity contribution in [3.05, 3.63) is 71.3 Å². The number of carbonyl (C=O) groups is 4. The number of hydrogen-bond donors (Lipinski definition) is 0. The minimum atomic E-state index is -0.194. The molecule has 0 bridgehead atoms. The highest BCUT2D eigenvalue weighted by Gasteiger charge is 2.20. The summed E-state index contributed by atoms with van der Waals surface area (Å²) in [6.07, 6.45) is 6.17. The lowest BCUT2D eigenvalue weighted by Crippen LogP contribution is -2.04. The minimum Gasteiger partial charge on any atom is -0.294 e. The van der Waals surface area contributed by atoms with E-state index in [4.69, 9.17) is 0 Å². The molecule has 0 aliphatic rings. The molecule has 0 saturated heterocycles. The molecular formula is C26H20N2O4. The lowest BCUT2D eigenvalue weighted by molar-refractivity contribution is 0.100. The van der Waals surface area contributed by atoms with Crippen LogP contribution in [-0.2, 0) is 0 Å². The molecule has 4 aromatic rings. The zero-order valence-electron chi connectivity index (χ0n) is 18.1. The summed E-state index contributed by atoms with van der Waals surface area (Å²) in [6.45, 7) is 5.79. The molecular weight excluding hydrogens is 404 g/mol. The second-order valence-corrected chi connectivity index (χ2v) is 7.77. The molecule has 2 heterocycles. The van der Waals surface area contributed by atoms with Crippen molar-refractivity contribution >= 4 is 44.7 Å². The first kappa shape index (κ1) is 21.2. The zero-order valence-corrected chi connectivity index (χ0v) is 18.1. The number of rotatable bonds is 5. The van der Waals surface area contributed by atoms with Gasteiger partial charge in [0.15, 0.2) is 23.1 Å². The van der Waals surface area contributed by atoms with Gasteiger partial charge in [0.25, 0.3) is 0 Å². The van der Waals surface area contributed by atoms with Gasteiger partial charge in [-0.05, 0) is 38.8 Å². The van der Waals surface area contributed by atoms with E-state index in [1.54, 1.807) is 36.7 Å². The molecule has 0 saturated carbocycles. The van der Waals surface area contributed by atoms with Gasteiger partial charge in [-0.2, -0.15) is 0 Å². The Bertz CT molecular complexity index is 1330. The first-order valence-corrected chi connectivity index (χ1v) is 10.1. The summed E-state index contributed by atoms with van der Waals surface area (Å²) in [4.78, 5) is 57.7. The van der Waals surface area contributed by atoms with Crippen molar-refractivity contribution in [2.75, 3.05) is 0 Å². The maximum atomic E-state index is 12.3. The van der Waals surface area contributed by atoms with Gasteiger partial charge in [0.05, 0.1) is 0 Å². The molecule has 0 atom stereocenters. The van der Waals surface area contributed by atoms with Crippen molar-refractivity contribution in [2.24, 2.45) is 0 Å². The van der Waals surface area contributed by atoms with E-state index in [0.29, 0.717) is 43.8 Å². The molecule has 0 aliphatic heterocycles. The minimum absolute atomic E-state index is 0.160. The average molecular weight is 424 g/mol. The fourth-order valence-corrected chi connectivity index (χ4v) is 4.18. The van der Waals surface area contributed by atoms with Crippen molar-refractivity contribution in [1.29, 1.82) is 0 Å². The van der Waals surface area contributed by atoms with E-state index >= 15 is 0 Å². The van der Waals surface area contributed by atoms with Gasteiger partial charge in [-0.1, -0.05) is 24.3 Å². The van der Waals surface area contributed by atoms with Gasteiger partial charge in [0.2, 0.25) is 0 Å². The van der Waals surface area contributed by atoms with Crippen molar-refractivity contribution in [3.8, 4) is 11.1 Å². The van der Waals surface area contributed by atoms with Gasteiger partial charge in [0.1, 0.15) is 0 Å². The molecule has 0 fully saturated rings. The third kappa shape index (κ3) is 3.30. The number of nitrogens with zero attached hydrogens (tertiary/aromatic N) is 2. The van der Waals surface area contributed by atoms with Crippen molar-refractivity contribution < 1.29 is 19.2 Å². The average Bonchev–Trinajstić information content (AvgIpc) is 2.76. The van der Waals surface area contributed by atoms with E-state index in [0.717, 1.165) is 11.1 Å². The van der Waals surface area contributed by atoms with Crippen LogP contribution in [0.15, 0.2) is 49.1 Å². The molecule has 32 heavy (non-hydrogen) atoms. The monoisotopic (exact) mass is 424 g/mol. The third-order valence-corrected chi connectivity index (χ3v) is 5.65. The Kier molecular flexibility index (Phi) is 5.22. The van der Waals surface area contributed by atoms with Crippen LogP contribution in [-0.4, -0.2) is 33.1 Å². The van der Waals surface area contributed by atoms with Crippen LogP contribution in [0.3, 0.4) is 0 Å². The molecule has 0 spiro atoms. The number of pyridine rings is 2. The number of hydrogen-bond acceptors (Lipinski definition) is 6. The van der Waals surface area contributed by atoms with Crippen molar-refractivity contribution in [3.63, 3.8) is 0 Å². The van der Waals surface area contributed by atoms with Gasteiger partial charge in [-0.3, -0.25) is 29.1 Å². The standard InChI is InChI=1S/C26H20N2O4/c1-13(29)17-5-7-19(23-11-27-9-21(15(3)31)25(17)23)20-8-6-18(14(2)30)26-22(16(4)32)10-28-12-24(20)26/h5-12H,1-4H3. The molecule has 0 radical (unpaired) electrons. The number of Topliss-reactive ketones (excluding diaryl/α,β-unsaturated/α-hetero) is 4. The fraction of sp³-hybridized carbons (Fsp3) is 0.154. The van der Waals surface area contributed by atoms with Gasteiger partial charge >= 0.3 is 0 Å². The Hall–Kier alpha value is -4.06. The lowest BCUT2D eigenvalue weighted by atomic mass is 9.87. The third-order valence-electron chi connectivity index (χ3n) is 5.65. The van der Waals surface area contributed by atoms with Crippen LogP contribution in [0.25, 0.3) is 32.7 Å². The van der Waals surface area contributed by atoms with Crippen LogP contribution < -0.4 is 0 Å². The van der Waals surface area contributed by atoms with E-state index in [9.17, 15) is 19.2 Å². The SMILES string of the molecule is CC(=O)c1ccc(-c2ccc(C(C)=O)c3c(C(C)=O)cncc23)c2cncc(C(C)=O)c12. The van der Waals surface area contributed by atoms with Crippen LogP contribution in [0.5, 0.6) is 0 Å². The number of benzene rings is 2. The van der Waals surface area contributed by atoms with Crippen LogP contribution in [0, 0.1) is 0 Å². The van der Waals surface area contributed by atoms with Gasteiger partial charge in [-0.25, -0.2) is 0 Å². The smallest absolute Gasteiger partial charge is 0.161 e. The maximum absolute atomic E-state index is 12.3. The molecule has 0 amide bonds. The quantitative estimate of drug-likeness (QED) is 0.406. The van der Waals surface area contributed by atoms with Gasteiger partial charge in [-0.15, -0.1) is 0 Å². The largest absolute Gasteiger partial charge is 0.294 e. The molecule has 0 aliphatic carbocycles. The Morgan fingerprint density at radius 2 is 0.844 bits per heavy atom.